The molecule has 1 amide bonds. The predicted molar refractivity (Wildman–Crippen MR) is 78.5 cm³/mol. The molecule has 0 bridgehead atoms. The highest BCUT2D eigenvalue weighted by Gasteiger charge is 2.20. The van der Waals surface area contributed by atoms with Crippen LogP contribution in [0.2, 0.25) is 0 Å². The molecular formula is C13H22N6O. The van der Waals surface area contributed by atoms with E-state index in [1.54, 1.807) is 0 Å². The van der Waals surface area contributed by atoms with Crippen molar-refractivity contribution < 1.29 is 4.79 Å². The Labute approximate surface area is 118 Å². The Hall–Kier alpha value is -1.89. The molecule has 110 valence electrons. The number of nitrogen functional groups attached to an aromatic ring is 1. The van der Waals surface area contributed by atoms with Gasteiger partial charge >= 0.3 is 0 Å². The van der Waals surface area contributed by atoms with Gasteiger partial charge in [-0.15, -0.1) is 0 Å². The SMILES string of the molecule is Cc1c(NN)nc(C(C)C)nc1N1CCNC(=O)CC1. The summed E-state index contributed by atoms with van der Waals surface area (Å²) < 4.78 is 0. The molecule has 0 unspecified atom stereocenters. The third-order valence-corrected chi connectivity index (χ3v) is 3.40. The summed E-state index contributed by atoms with van der Waals surface area (Å²) in [5, 5.41) is 2.87. The van der Waals surface area contributed by atoms with Crippen LogP contribution in [0.3, 0.4) is 0 Å². The van der Waals surface area contributed by atoms with Gasteiger partial charge in [-0.25, -0.2) is 15.8 Å². The van der Waals surface area contributed by atoms with Crippen LogP contribution in [0.4, 0.5) is 11.6 Å². The Morgan fingerprint density at radius 2 is 2.10 bits per heavy atom. The first-order chi connectivity index (χ1) is 9.52. The highest BCUT2D eigenvalue weighted by molar-refractivity contribution is 5.77. The number of hydrazine groups is 1. The van der Waals surface area contributed by atoms with E-state index in [1.807, 2.05) is 20.8 Å². The van der Waals surface area contributed by atoms with Gasteiger partial charge in [-0.2, -0.15) is 0 Å². The minimum Gasteiger partial charge on any atom is -0.354 e. The van der Waals surface area contributed by atoms with Gasteiger partial charge in [-0.3, -0.25) is 4.79 Å². The van der Waals surface area contributed by atoms with E-state index in [0.29, 0.717) is 25.3 Å². The third-order valence-electron chi connectivity index (χ3n) is 3.40. The number of aromatic nitrogens is 2. The van der Waals surface area contributed by atoms with Crippen molar-refractivity contribution in [1.82, 2.24) is 15.3 Å². The molecule has 1 aromatic heterocycles. The molecule has 0 atom stereocenters. The molecule has 2 rings (SSSR count). The second-order valence-corrected chi connectivity index (χ2v) is 5.27. The third kappa shape index (κ3) is 2.98. The number of hydrogen-bond acceptors (Lipinski definition) is 6. The molecule has 7 nitrogen and oxygen atoms in total. The van der Waals surface area contributed by atoms with Gasteiger partial charge in [0.05, 0.1) is 0 Å². The Morgan fingerprint density at radius 1 is 1.35 bits per heavy atom. The monoisotopic (exact) mass is 278 g/mol. The highest BCUT2D eigenvalue weighted by atomic mass is 16.1. The van der Waals surface area contributed by atoms with Crippen LogP contribution < -0.4 is 21.5 Å². The van der Waals surface area contributed by atoms with Gasteiger partial charge in [0.1, 0.15) is 17.5 Å². The fraction of sp³-hybridized carbons (Fsp3) is 0.615. The molecule has 0 radical (unpaired) electrons. The average molecular weight is 278 g/mol. The van der Waals surface area contributed by atoms with Crippen LogP contribution in [0.5, 0.6) is 0 Å². The molecule has 7 heteroatoms. The van der Waals surface area contributed by atoms with Crippen molar-refractivity contribution in [3.8, 4) is 0 Å². The maximum atomic E-state index is 11.4. The summed E-state index contributed by atoms with van der Waals surface area (Å²) in [6.45, 7) is 8.06. The number of carbonyl (C=O) groups is 1. The van der Waals surface area contributed by atoms with Gasteiger partial charge in [0.2, 0.25) is 5.91 Å². The lowest BCUT2D eigenvalue weighted by atomic mass is 10.2. The highest BCUT2D eigenvalue weighted by Crippen LogP contribution is 2.25. The molecule has 1 aliphatic heterocycles. The number of anilines is 2. The van der Waals surface area contributed by atoms with Crippen molar-refractivity contribution in [2.24, 2.45) is 5.84 Å². The smallest absolute Gasteiger partial charge is 0.221 e. The summed E-state index contributed by atoms with van der Waals surface area (Å²) >= 11 is 0. The topological polar surface area (TPSA) is 96.2 Å². The van der Waals surface area contributed by atoms with Crippen LogP contribution in [0.15, 0.2) is 0 Å². The Bertz CT molecular complexity index is 502. The molecule has 2 heterocycles. The fourth-order valence-corrected chi connectivity index (χ4v) is 2.21. The molecule has 4 N–H and O–H groups in total. The van der Waals surface area contributed by atoms with Crippen LogP contribution in [-0.4, -0.2) is 35.5 Å². The van der Waals surface area contributed by atoms with Crippen molar-refractivity contribution in [3.05, 3.63) is 11.4 Å². The second-order valence-electron chi connectivity index (χ2n) is 5.27. The first kappa shape index (κ1) is 14.5. The van der Waals surface area contributed by atoms with E-state index in [-0.39, 0.29) is 11.8 Å². The minimum atomic E-state index is 0.0838. The summed E-state index contributed by atoms with van der Waals surface area (Å²) in [5.74, 6) is 8.09. The van der Waals surface area contributed by atoms with Crippen LogP contribution in [0.1, 0.15) is 37.6 Å². The maximum absolute atomic E-state index is 11.4. The van der Waals surface area contributed by atoms with Crippen molar-refractivity contribution in [2.75, 3.05) is 30.0 Å². The number of nitrogens with zero attached hydrogens (tertiary/aromatic N) is 3. The van der Waals surface area contributed by atoms with Gasteiger partial charge in [0.25, 0.3) is 0 Å². The van der Waals surface area contributed by atoms with Crippen LogP contribution in [-0.2, 0) is 4.79 Å². The Kier molecular flexibility index (Phi) is 4.39. The standard InChI is InChI=1S/C13H22N6O/c1-8(2)11-16-12(18-14)9(3)13(17-11)19-6-4-10(20)15-5-7-19/h8H,4-7,14H2,1-3H3,(H,15,20)(H,16,17,18). The Morgan fingerprint density at radius 3 is 2.75 bits per heavy atom. The lowest BCUT2D eigenvalue weighted by Crippen LogP contribution is -2.30. The molecule has 0 aromatic carbocycles. The number of carbonyl (C=O) groups excluding carboxylic acids is 1. The Balaban J connectivity index is 2.38. The number of amides is 1. The molecule has 0 spiro atoms. The van der Waals surface area contributed by atoms with Crippen LogP contribution in [0.25, 0.3) is 0 Å². The van der Waals surface area contributed by atoms with E-state index in [2.05, 4.69) is 25.6 Å². The van der Waals surface area contributed by atoms with Gasteiger partial charge < -0.3 is 15.6 Å². The van der Waals surface area contributed by atoms with Gasteiger partial charge in [0, 0.05) is 37.5 Å². The molecule has 1 saturated heterocycles. The number of rotatable bonds is 3. The molecule has 0 aliphatic carbocycles. The molecule has 1 aromatic rings. The first-order valence-electron chi connectivity index (χ1n) is 6.89. The van der Waals surface area contributed by atoms with Gasteiger partial charge in [-0.1, -0.05) is 13.8 Å². The second kappa shape index (κ2) is 6.04. The summed E-state index contributed by atoms with van der Waals surface area (Å²) in [6.07, 6.45) is 0.478. The molecule has 1 fully saturated rings. The zero-order chi connectivity index (χ0) is 14.7. The van der Waals surface area contributed by atoms with Crippen molar-refractivity contribution >= 4 is 17.5 Å². The van der Waals surface area contributed by atoms with E-state index in [1.165, 1.54) is 0 Å². The molecule has 20 heavy (non-hydrogen) atoms. The zero-order valence-corrected chi connectivity index (χ0v) is 12.2. The largest absolute Gasteiger partial charge is 0.354 e. The zero-order valence-electron chi connectivity index (χ0n) is 12.2. The van der Waals surface area contributed by atoms with Crippen molar-refractivity contribution in [3.63, 3.8) is 0 Å². The summed E-state index contributed by atoms with van der Waals surface area (Å²) in [4.78, 5) is 22.6. The van der Waals surface area contributed by atoms with E-state index in [9.17, 15) is 4.79 Å². The predicted octanol–water partition coefficient (Wildman–Crippen LogP) is 0.520. The van der Waals surface area contributed by atoms with Gasteiger partial charge in [-0.05, 0) is 6.92 Å². The summed E-state index contributed by atoms with van der Waals surface area (Å²) in [7, 11) is 0. The van der Waals surface area contributed by atoms with Crippen LogP contribution >= 0.6 is 0 Å². The maximum Gasteiger partial charge on any atom is 0.221 e. The minimum absolute atomic E-state index is 0.0838. The quantitative estimate of drug-likeness (QED) is 0.551. The molecule has 1 aliphatic rings. The van der Waals surface area contributed by atoms with Crippen LogP contribution in [0, 0.1) is 6.92 Å². The number of hydrogen-bond donors (Lipinski definition) is 3. The van der Waals surface area contributed by atoms with E-state index in [4.69, 9.17) is 5.84 Å². The van der Waals surface area contributed by atoms with E-state index >= 15 is 0 Å². The number of nitrogens with two attached hydrogens (primary N) is 1. The summed E-state index contributed by atoms with van der Waals surface area (Å²) in [5.41, 5.74) is 3.54. The lowest BCUT2D eigenvalue weighted by Gasteiger charge is -2.24. The first-order valence-corrected chi connectivity index (χ1v) is 6.89. The van der Waals surface area contributed by atoms with Gasteiger partial charge in [0.15, 0.2) is 0 Å². The van der Waals surface area contributed by atoms with Crippen molar-refractivity contribution in [2.45, 2.75) is 33.1 Å². The van der Waals surface area contributed by atoms with Crippen molar-refractivity contribution in [1.29, 1.82) is 0 Å². The molecular weight excluding hydrogens is 256 g/mol. The fourth-order valence-electron chi connectivity index (χ4n) is 2.21. The summed E-state index contributed by atoms with van der Waals surface area (Å²) in [6, 6.07) is 0. The van der Waals surface area contributed by atoms with E-state index < -0.39 is 0 Å². The normalized spacial score (nSPS) is 16.1. The lowest BCUT2D eigenvalue weighted by molar-refractivity contribution is -0.120. The molecule has 0 saturated carbocycles. The number of nitrogens with one attached hydrogen (secondary N) is 2. The average Bonchev–Trinajstić information content (AvgIpc) is 2.63. The van der Waals surface area contributed by atoms with E-state index in [0.717, 1.165) is 23.8 Å².